The molecule has 13 heavy (non-hydrogen) atoms. The fourth-order valence-corrected chi connectivity index (χ4v) is 1.77. The quantitative estimate of drug-likeness (QED) is 0.549. The summed E-state index contributed by atoms with van der Waals surface area (Å²) in [7, 11) is 3.80. The van der Waals surface area contributed by atoms with Gasteiger partial charge in [0.05, 0.1) is 12.2 Å². The van der Waals surface area contributed by atoms with Gasteiger partial charge in [0.25, 0.3) is 0 Å². The summed E-state index contributed by atoms with van der Waals surface area (Å²) in [5.74, 6) is 0. The molecule has 0 bridgehead atoms. The number of methoxy groups -OCH3 is 1. The largest absolute Gasteiger partial charge is 0.377 e. The summed E-state index contributed by atoms with van der Waals surface area (Å²) in [6.07, 6.45) is 0.318. The molecule has 2 atom stereocenters. The third-order valence-electron chi connectivity index (χ3n) is 2.14. The Morgan fingerprint density at radius 1 is 1.31 bits per heavy atom. The molecule has 0 aromatic carbocycles. The third-order valence-corrected chi connectivity index (χ3v) is 2.25. The van der Waals surface area contributed by atoms with Gasteiger partial charge in [-0.3, -0.25) is 0 Å². The highest BCUT2D eigenvalue weighted by molar-refractivity contribution is 7.81. The Morgan fingerprint density at radius 3 is 2.31 bits per heavy atom. The molecule has 0 aliphatic carbocycles. The molecule has 0 aromatic rings. The van der Waals surface area contributed by atoms with Gasteiger partial charge in [0.15, 0.2) is 0 Å². The summed E-state index contributed by atoms with van der Waals surface area (Å²) >= 11 is 4.34. The molecule has 0 amide bonds. The Balaban J connectivity index is 2.49. The molecule has 1 fully saturated rings. The maximum atomic E-state index is 5.77. The Labute approximate surface area is 85.8 Å². The number of rotatable bonds is 3. The molecule has 0 spiro atoms. The van der Waals surface area contributed by atoms with Gasteiger partial charge in [-0.05, 0) is 20.9 Å². The molecule has 4 heteroatoms. The fourth-order valence-electron chi connectivity index (χ4n) is 1.63. The summed E-state index contributed by atoms with van der Waals surface area (Å²) < 4.78 is 11.1. The van der Waals surface area contributed by atoms with E-state index in [9.17, 15) is 0 Å². The van der Waals surface area contributed by atoms with E-state index in [1.54, 1.807) is 7.11 Å². The van der Waals surface area contributed by atoms with Gasteiger partial charge in [-0.2, -0.15) is 0 Å². The minimum absolute atomic E-state index is 0.141. The van der Waals surface area contributed by atoms with Gasteiger partial charge in [0.1, 0.15) is 4.93 Å². The Bertz CT molecular complexity index is 169. The molecule has 0 radical (unpaired) electrons. The lowest BCUT2D eigenvalue weighted by atomic mass is 10.2. The lowest BCUT2D eigenvalue weighted by Crippen LogP contribution is -2.35. The number of likely N-dealkylation sites (N-methyl/N-ethyl adjacent to an activating group) is 1. The van der Waals surface area contributed by atoms with Crippen molar-refractivity contribution < 1.29 is 9.47 Å². The van der Waals surface area contributed by atoms with Gasteiger partial charge in [-0.25, -0.2) is 0 Å². The maximum Gasteiger partial charge on any atom is 0.105 e. The number of likely N-dealkylation sites (tertiary alicyclic amines) is 1. The molecule has 0 saturated carbocycles. The van der Waals surface area contributed by atoms with Crippen molar-refractivity contribution in [3.63, 3.8) is 0 Å². The van der Waals surface area contributed by atoms with Crippen molar-refractivity contribution >= 4 is 12.6 Å². The first-order valence-corrected chi connectivity index (χ1v) is 4.98. The van der Waals surface area contributed by atoms with Crippen LogP contribution < -0.4 is 0 Å². The molecule has 3 nitrogen and oxygen atoms in total. The fraction of sp³-hybridized carbons (Fsp3) is 1.00. The number of thiol groups is 1. The maximum absolute atomic E-state index is 5.77. The summed E-state index contributed by atoms with van der Waals surface area (Å²) in [4.78, 5) is 1.82. The summed E-state index contributed by atoms with van der Waals surface area (Å²) in [6, 6.07) is 0. The Kier molecular flexibility index (Phi) is 3.63. The van der Waals surface area contributed by atoms with Crippen molar-refractivity contribution in [2.45, 2.75) is 31.0 Å². The lowest BCUT2D eigenvalue weighted by molar-refractivity contribution is -0.0672. The summed E-state index contributed by atoms with van der Waals surface area (Å²) in [5, 5.41) is 0. The van der Waals surface area contributed by atoms with E-state index in [2.05, 4.69) is 24.6 Å². The highest BCUT2D eigenvalue weighted by Gasteiger charge is 2.34. The monoisotopic (exact) mass is 205 g/mol. The molecule has 1 heterocycles. The van der Waals surface area contributed by atoms with E-state index in [1.807, 2.05) is 13.8 Å². The van der Waals surface area contributed by atoms with Crippen LogP contribution in [0.25, 0.3) is 0 Å². The van der Waals surface area contributed by atoms with Crippen molar-refractivity contribution in [3.05, 3.63) is 0 Å². The van der Waals surface area contributed by atoms with Crippen LogP contribution in [-0.2, 0) is 9.47 Å². The molecule has 1 aliphatic heterocycles. The first-order chi connectivity index (χ1) is 5.92. The normalized spacial score (nSPS) is 31.2. The lowest BCUT2D eigenvalue weighted by Gasteiger charge is -2.26. The van der Waals surface area contributed by atoms with E-state index in [0.717, 1.165) is 13.1 Å². The zero-order valence-corrected chi connectivity index (χ0v) is 9.67. The Morgan fingerprint density at radius 2 is 1.85 bits per heavy atom. The highest BCUT2D eigenvalue weighted by atomic mass is 32.1. The Hall–Kier alpha value is 0.230. The zero-order valence-electron chi connectivity index (χ0n) is 8.78. The topological polar surface area (TPSA) is 21.7 Å². The third kappa shape index (κ3) is 3.46. The number of hydrogen-bond donors (Lipinski definition) is 1. The zero-order chi connectivity index (χ0) is 10.1. The van der Waals surface area contributed by atoms with E-state index in [0.29, 0.717) is 0 Å². The first kappa shape index (κ1) is 11.3. The predicted molar refractivity (Wildman–Crippen MR) is 56.2 cm³/mol. The van der Waals surface area contributed by atoms with E-state index in [4.69, 9.17) is 9.47 Å². The van der Waals surface area contributed by atoms with Gasteiger partial charge in [-0.15, -0.1) is 12.6 Å². The summed E-state index contributed by atoms with van der Waals surface area (Å²) in [6.45, 7) is 5.75. The van der Waals surface area contributed by atoms with Crippen molar-refractivity contribution in [3.8, 4) is 0 Å². The van der Waals surface area contributed by atoms with Crippen molar-refractivity contribution in [2.75, 3.05) is 27.2 Å². The van der Waals surface area contributed by atoms with Crippen LogP contribution in [0.1, 0.15) is 13.8 Å². The predicted octanol–water partition coefficient (Wildman–Crippen LogP) is 0.998. The van der Waals surface area contributed by atoms with Gasteiger partial charge in [0.2, 0.25) is 0 Å². The number of ether oxygens (including phenoxy) is 2. The van der Waals surface area contributed by atoms with Crippen LogP contribution in [0.4, 0.5) is 0 Å². The molecular weight excluding hydrogens is 186 g/mol. The van der Waals surface area contributed by atoms with E-state index < -0.39 is 0 Å². The van der Waals surface area contributed by atoms with Crippen molar-refractivity contribution in [1.82, 2.24) is 4.90 Å². The highest BCUT2D eigenvalue weighted by Crippen LogP contribution is 2.23. The van der Waals surface area contributed by atoms with Crippen LogP contribution in [0, 0.1) is 0 Å². The first-order valence-electron chi connectivity index (χ1n) is 4.54. The number of hydrogen-bond acceptors (Lipinski definition) is 4. The van der Waals surface area contributed by atoms with Gasteiger partial charge in [0, 0.05) is 20.2 Å². The van der Waals surface area contributed by atoms with Crippen molar-refractivity contribution in [2.24, 2.45) is 0 Å². The molecule has 0 N–H and O–H groups in total. The van der Waals surface area contributed by atoms with Crippen LogP contribution in [0.2, 0.25) is 0 Å². The molecule has 1 unspecified atom stereocenters. The van der Waals surface area contributed by atoms with E-state index in [-0.39, 0.29) is 17.1 Å². The minimum atomic E-state index is -0.382. The average Bonchev–Trinajstić information content (AvgIpc) is 2.27. The van der Waals surface area contributed by atoms with Gasteiger partial charge >= 0.3 is 0 Å². The number of nitrogens with zero attached hydrogens (tertiary/aromatic N) is 1. The molecule has 78 valence electrons. The van der Waals surface area contributed by atoms with Crippen LogP contribution in [0.3, 0.4) is 0 Å². The van der Waals surface area contributed by atoms with Crippen LogP contribution in [-0.4, -0.2) is 49.3 Å². The van der Waals surface area contributed by atoms with E-state index in [1.165, 1.54) is 0 Å². The van der Waals surface area contributed by atoms with Crippen LogP contribution in [0.15, 0.2) is 0 Å². The smallest absolute Gasteiger partial charge is 0.105 e. The minimum Gasteiger partial charge on any atom is -0.377 e. The van der Waals surface area contributed by atoms with Crippen molar-refractivity contribution in [1.29, 1.82) is 0 Å². The molecular formula is C9H19NO2S. The molecule has 1 saturated heterocycles. The second-order valence-corrected chi connectivity index (χ2v) is 5.18. The molecule has 1 rings (SSSR count). The average molecular weight is 205 g/mol. The van der Waals surface area contributed by atoms with Gasteiger partial charge < -0.3 is 14.4 Å². The van der Waals surface area contributed by atoms with Crippen LogP contribution in [0.5, 0.6) is 0 Å². The van der Waals surface area contributed by atoms with E-state index >= 15 is 0 Å². The van der Waals surface area contributed by atoms with Crippen LogP contribution >= 0.6 is 12.6 Å². The standard InChI is InChI=1S/C9H19NO2S/c1-9(2,13)12-8-6-10(3)5-7(8)11-4/h7-8,13H,5-6H2,1-4H3/t7-,8?/m1/s1. The molecule has 0 aromatic heterocycles. The second-order valence-electron chi connectivity index (χ2n) is 4.10. The molecule has 1 aliphatic rings. The van der Waals surface area contributed by atoms with Gasteiger partial charge in [-0.1, -0.05) is 0 Å². The second kappa shape index (κ2) is 4.17. The SMILES string of the molecule is CO[C@@H]1CN(C)CC1OC(C)(C)S. The summed E-state index contributed by atoms with van der Waals surface area (Å²) in [5.41, 5.74) is 0.